The Balaban J connectivity index is 1.51. The number of pyridine rings is 1. The van der Waals surface area contributed by atoms with Gasteiger partial charge in [0, 0.05) is 56.9 Å². The van der Waals surface area contributed by atoms with Crippen LogP contribution in [0.2, 0.25) is 0 Å². The first kappa shape index (κ1) is 16.6. The number of nitrogens with zero attached hydrogens (tertiary/aromatic N) is 4. The number of aryl methyl sites for hydroxylation is 1. The molecule has 7 heteroatoms. The van der Waals surface area contributed by atoms with Crippen molar-refractivity contribution in [2.45, 2.75) is 13.5 Å². The first-order valence-electron chi connectivity index (χ1n) is 8.32. The molecule has 0 radical (unpaired) electrons. The fraction of sp³-hybridized carbons (Fsp3) is 0.471. The van der Waals surface area contributed by atoms with Crippen molar-refractivity contribution in [1.29, 1.82) is 0 Å². The first-order chi connectivity index (χ1) is 11.8. The maximum Gasteiger partial charge on any atom is 0.224 e. The SMILES string of the molecule is Cc1cc(NCc2cccnc2)nc(NCCN2CCOCC2)n1. The number of hydrogen-bond acceptors (Lipinski definition) is 7. The zero-order chi connectivity index (χ0) is 16.6. The smallest absolute Gasteiger partial charge is 0.224 e. The van der Waals surface area contributed by atoms with Gasteiger partial charge in [0.15, 0.2) is 0 Å². The highest BCUT2D eigenvalue weighted by molar-refractivity contribution is 5.42. The van der Waals surface area contributed by atoms with Gasteiger partial charge in [0.05, 0.1) is 13.2 Å². The van der Waals surface area contributed by atoms with Crippen LogP contribution in [0.4, 0.5) is 11.8 Å². The molecule has 1 saturated heterocycles. The molecule has 0 atom stereocenters. The average Bonchev–Trinajstić information content (AvgIpc) is 2.61. The van der Waals surface area contributed by atoms with Crippen molar-refractivity contribution in [3.05, 3.63) is 41.9 Å². The van der Waals surface area contributed by atoms with Crippen LogP contribution in [0.3, 0.4) is 0 Å². The van der Waals surface area contributed by atoms with E-state index in [1.165, 1.54) is 0 Å². The molecule has 7 nitrogen and oxygen atoms in total. The molecule has 2 aromatic rings. The van der Waals surface area contributed by atoms with Gasteiger partial charge in [0.2, 0.25) is 5.95 Å². The van der Waals surface area contributed by atoms with Crippen molar-refractivity contribution >= 4 is 11.8 Å². The Morgan fingerprint density at radius 3 is 2.88 bits per heavy atom. The number of nitrogens with one attached hydrogen (secondary N) is 2. The van der Waals surface area contributed by atoms with Crippen molar-refractivity contribution in [2.75, 3.05) is 50.0 Å². The topological polar surface area (TPSA) is 75.2 Å². The van der Waals surface area contributed by atoms with E-state index in [0.29, 0.717) is 12.5 Å². The maximum atomic E-state index is 5.36. The van der Waals surface area contributed by atoms with Gasteiger partial charge in [-0.1, -0.05) is 6.07 Å². The summed E-state index contributed by atoms with van der Waals surface area (Å²) >= 11 is 0. The lowest BCUT2D eigenvalue weighted by atomic mass is 10.3. The number of hydrogen-bond donors (Lipinski definition) is 2. The molecule has 128 valence electrons. The Morgan fingerprint density at radius 1 is 1.21 bits per heavy atom. The second-order valence-corrected chi connectivity index (χ2v) is 5.81. The molecule has 3 rings (SSSR count). The predicted molar refractivity (Wildman–Crippen MR) is 94.1 cm³/mol. The van der Waals surface area contributed by atoms with E-state index in [1.54, 1.807) is 6.20 Å². The van der Waals surface area contributed by atoms with E-state index in [9.17, 15) is 0 Å². The lowest BCUT2D eigenvalue weighted by Gasteiger charge is -2.26. The van der Waals surface area contributed by atoms with Crippen LogP contribution in [0.5, 0.6) is 0 Å². The number of anilines is 2. The van der Waals surface area contributed by atoms with Crippen LogP contribution in [-0.4, -0.2) is 59.2 Å². The molecule has 2 N–H and O–H groups in total. The van der Waals surface area contributed by atoms with Crippen molar-refractivity contribution in [1.82, 2.24) is 19.9 Å². The molecule has 24 heavy (non-hydrogen) atoms. The van der Waals surface area contributed by atoms with Crippen LogP contribution >= 0.6 is 0 Å². The van der Waals surface area contributed by atoms with E-state index in [4.69, 9.17) is 4.74 Å². The lowest BCUT2D eigenvalue weighted by Crippen LogP contribution is -2.39. The number of aromatic nitrogens is 3. The third kappa shape index (κ3) is 5.14. The Kier molecular flexibility index (Phi) is 5.92. The second-order valence-electron chi connectivity index (χ2n) is 5.81. The molecule has 1 aliphatic heterocycles. The fourth-order valence-corrected chi connectivity index (χ4v) is 2.58. The minimum absolute atomic E-state index is 0.664. The van der Waals surface area contributed by atoms with Gasteiger partial charge < -0.3 is 15.4 Å². The largest absolute Gasteiger partial charge is 0.379 e. The van der Waals surface area contributed by atoms with Gasteiger partial charge in [-0.2, -0.15) is 4.98 Å². The zero-order valence-corrected chi connectivity index (χ0v) is 14.0. The van der Waals surface area contributed by atoms with Gasteiger partial charge in [-0.15, -0.1) is 0 Å². The zero-order valence-electron chi connectivity index (χ0n) is 14.0. The molecule has 1 fully saturated rings. The minimum atomic E-state index is 0.664. The molecule has 1 aliphatic rings. The summed E-state index contributed by atoms with van der Waals surface area (Å²) in [6.45, 7) is 8.10. The van der Waals surface area contributed by atoms with Crippen LogP contribution in [0.1, 0.15) is 11.3 Å². The van der Waals surface area contributed by atoms with E-state index >= 15 is 0 Å². The van der Waals surface area contributed by atoms with Gasteiger partial charge in [-0.05, 0) is 18.6 Å². The highest BCUT2D eigenvalue weighted by Crippen LogP contribution is 2.11. The summed E-state index contributed by atoms with van der Waals surface area (Å²) in [5.74, 6) is 1.48. The molecule has 0 aromatic carbocycles. The number of morpholine rings is 1. The van der Waals surface area contributed by atoms with Crippen LogP contribution in [0.25, 0.3) is 0 Å². The molecule has 0 bridgehead atoms. The third-order valence-electron chi connectivity index (χ3n) is 3.87. The van der Waals surface area contributed by atoms with Crippen LogP contribution in [0.15, 0.2) is 30.6 Å². The molecular formula is C17H24N6O. The highest BCUT2D eigenvalue weighted by atomic mass is 16.5. The summed E-state index contributed by atoms with van der Waals surface area (Å²) in [6.07, 6.45) is 3.62. The van der Waals surface area contributed by atoms with Crippen LogP contribution in [0, 0.1) is 6.92 Å². The Hall–Kier alpha value is -2.25. The van der Waals surface area contributed by atoms with E-state index in [1.807, 2.05) is 31.3 Å². The standard InChI is InChI=1S/C17H24N6O/c1-14-11-16(20-13-15-3-2-4-18-12-15)22-17(21-14)19-5-6-23-7-9-24-10-8-23/h2-4,11-12H,5-10,13H2,1H3,(H2,19,20,21,22). The number of rotatable bonds is 7. The summed E-state index contributed by atoms with van der Waals surface area (Å²) in [5.41, 5.74) is 2.06. The van der Waals surface area contributed by atoms with Gasteiger partial charge in [0.1, 0.15) is 5.82 Å². The lowest BCUT2D eigenvalue weighted by molar-refractivity contribution is 0.0398. The predicted octanol–water partition coefficient (Wildman–Crippen LogP) is 1.54. The summed E-state index contributed by atoms with van der Waals surface area (Å²) in [7, 11) is 0. The summed E-state index contributed by atoms with van der Waals surface area (Å²) < 4.78 is 5.36. The van der Waals surface area contributed by atoms with E-state index < -0.39 is 0 Å². The van der Waals surface area contributed by atoms with Crippen molar-refractivity contribution in [3.63, 3.8) is 0 Å². The van der Waals surface area contributed by atoms with E-state index in [-0.39, 0.29) is 0 Å². The normalized spacial score (nSPS) is 15.2. The van der Waals surface area contributed by atoms with Gasteiger partial charge >= 0.3 is 0 Å². The van der Waals surface area contributed by atoms with E-state index in [0.717, 1.165) is 56.5 Å². The summed E-state index contributed by atoms with van der Waals surface area (Å²) in [6, 6.07) is 5.92. The molecule has 0 spiro atoms. The molecule has 0 saturated carbocycles. The van der Waals surface area contributed by atoms with Crippen LogP contribution < -0.4 is 10.6 Å². The van der Waals surface area contributed by atoms with Gasteiger partial charge in [0.25, 0.3) is 0 Å². The highest BCUT2D eigenvalue weighted by Gasteiger charge is 2.09. The van der Waals surface area contributed by atoms with Gasteiger partial charge in [-0.3, -0.25) is 9.88 Å². The third-order valence-corrected chi connectivity index (χ3v) is 3.87. The molecule has 0 unspecified atom stereocenters. The molecular weight excluding hydrogens is 304 g/mol. The number of ether oxygens (including phenoxy) is 1. The maximum absolute atomic E-state index is 5.36. The molecule has 2 aromatic heterocycles. The first-order valence-corrected chi connectivity index (χ1v) is 8.32. The molecule has 0 amide bonds. The Labute approximate surface area is 142 Å². The van der Waals surface area contributed by atoms with Crippen molar-refractivity contribution < 1.29 is 4.74 Å². The minimum Gasteiger partial charge on any atom is -0.379 e. The Bertz CT molecular complexity index is 630. The average molecular weight is 328 g/mol. The van der Waals surface area contributed by atoms with Gasteiger partial charge in [-0.25, -0.2) is 4.98 Å². The molecule has 3 heterocycles. The monoisotopic (exact) mass is 328 g/mol. The summed E-state index contributed by atoms with van der Waals surface area (Å²) in [4.78, 5) is 15.5. The Morgan fingerprint density at radius 2 is 2.08 bits per heavy atom. The van der Waals surface area contributed by atoms with Crippen molar-refractivity contribution in [2.24, 2.45) is 0 Å². The molecule has 0 aliphatic carbocycles. The fourth-order valence-electron chi connectivity index (χ4n) is 2.58. The quantitative estimate of drug-likeness (QED) is 0.798. The van der Waals surface area contributed by atoms with Crippen LogP contribution in [-0.2, 0) is 11.3 Å². The second kappa shape index (κ2) is 8.56. The van der Waals surface area contributed by atoms with E-state index in [2.05, 4.69) is 30.5 Å². The van der Waals surface area contributed by atoms with Crippen molar-refractivity contribution in [3.8, 4) is 0 Å². The summed E-state index contributed by atoms with van der Waals surface area (Å²) in [5, 5.41) is 6.64.